The van der Waals surface area contributed by atoms with E-state index < -0.39 is 0 Å². The van der Waals surface area contributed by atoms with Crippen LogP contribution in [0.25, 0.3) is 11.3 Å². The van der Waals surface area contributed by atoms with Gasteiger partial charge in [-0.3, -0.25) is 9.89 Å². The van der Waals surface area contributed by atoms with Gasteiger partial charge in [0.1, 0.15) is 5.69 Å². The number of aromatic amines is 1. The number of benzene rings is 2. The Morgan fingerprint density at radius 3 is 2.40 bits per heavy atom. The van der Waals surface area contributed by atoms with Crippen molar-refractivity contribution >= 4 is 11.6 Å². The van der Waals surface area contributed by atoms with E-state index >= 15 is 0 Å². The summed E-state index contributed by atoms with van der Waals surface area (Å²) in [6.45, 7) is 10.9. The molecule has 1 aromatic heterocycles. The number of anilines is 1. The first kappa shape index (κ1) is 20.2. The molecule has 0 radical (unpaired) electrons. The van der Waals surface area contributed by atoms with Crippen LogP contribution in [0.4, 0.5) is 5.69 Å². The lowest BCUT2D eigenvalue weighted by Gasteiger charge is -2.41. The van der Waals surface area contributed by atoms with Gasteiger partial charge in [-0.25, -0.2) is 0 Å². The maximum absolute atomic E-state index is 13.1. The van der Waals surface area contributed by atoms with Gasteiger partial charge in [0, 0.05) is 36.9 Å². The molecule has 156 valence electrons. The van der Waals surface area contributed by atoms with E-state index in [-0.39, 0.29) is 11.9 Å². The highest BCUT2D eigenvalue weighted by molar-refractivity contribution is 5.93. The molecule has 0 saturated carbocycles. The highest BCUT2D eigenvalue weighted by Gasteiger charge is 2.28. The molecule has 30 heavy (non-hydrogen) atoms. The number of rotatable bonds is 4. The summed E-state index contributed by atoms with van der Waals surface area (Å²) in [5.41, 5.74) is 6.15. The molecule has 5 heteroatoms. The number of nitrogens with zero attached hydrogens (tertiary/aromatic N) is 3. The molecule has 0 aliphatic carbocycles. The molecule has 0 bridgehead atoms. The van der Waals surface area contributed by atoms with Crippen LogP contribution in [-0.4, -0.2) is 46.7 Å². The third kappa shape index (κ3) is 4.11. The Morgan fingerprint density at radius 2 is 1.77 bits per heavy atom. The van der Waals surface area contributed by atoms with Gasteiger partial charge in [-0.05, 0) is 43.5 Å². The molecule has 5 nitrogen and oxygen atoms in total. The fourth-order valence-corrected chi connectivity index (χ4v) is 4.05. The van der Waals surface area contributed by atoms with Crippen LogP contribution in [0.2, 0.25) is 0 Å². The average molecular weight is 403 g/mol. The molecule has 2 heterocycles. The third-order valence-electron chi connectivity index (χ3n) is 5.96. The van der Waals surface area contributed by atoms with E-state index in [1.807, 2.05) is 11.0 Å². The topological polar surface area (TPSA) is 52.2 Å². The Balaban J connectivity index is 1.43. The number of aryl methyl sites for hydroxylation is 1. The largest absolute Gasteiger partial charge is 0.365 e. The van der Waals surface area contributed by atoms with Gasteiger partial charge in [-0.1, -0.05) is 55.8 Å². The van der Waals surface area contributed by atoms with Crippen molar-refractivity contribution in [2.45, 2.75) is 39.7 Å². The van der Waals surface area contributed by atoms with Crippen molar-refractivity contribution in [3.8, 4) is 11.3 Å². The van der Waals surface area contributed by atoms with Crippen molar-refractivity contribution in [3.05, 3.63) is 71.4 Å². The van der Waals surface area contributed by atoms with Gasteiger partial charge < -0.3 is 9.80 Å². The van der Waals surface area contributed by atoms with Crippen molar-refractivity contribution in [2.75, 3.05) is 24.5 Å². The summed E-state index contributed by atoms with van der Waals surface area (Å²) in [6, 6.07) is 19.1. The van der Waals surface area contributed by atoms with Crippen LogP contribution >= 0.6 is 0 Å². The second kappa shape index (κ2) is 8.34. The molecule has 1 saturated heterocycles. The number of carbonyl (C=O) groups excluding carboxylic acids is 1. The van der Waals surface area contributed by atoms with Crippen molar-refractivity contribution in [2.24, 2.45) is 0 Å². The fraction of sp³-hybridized carbons (Fsp3) is 0.360. The van der Waals surface area contributed by atoms with Gasteiger partial charge in [0.2, 0.25) is 0 Å². The van der Waals surface area contributed by atoms with E-state index in [2.05, 4.69) is 91.3 Å². The van der Waals surface area contributed by atoms with E-state index in [1.165, 1.54) is 16.8 Å². The SMILES string of the molecule is Cc1ccc(N2CCN(C(=O)c3cc(-c4ccc(C(C)C)cc4)n[nH]3)C[C@H]2C)cc1. The molecule has 1 N–H and O–H groups in total. The monoisotopic (exact) mass is 402 g/mol. The highest BCUT2D eigenvalue weighted by Crippen LogP contribution is 2.24. The zero-order valence-electron chi connectivity index (χ0n) is 18.2. The minimum atomic E-state index is 0.0166. The van der Waals surface area contributed by atoms with E-state index in [0.717, 1.165) is 17.8 Å². The van der Waals surface area contributed by atoms with Crippen LogP contribution < -0.4 is 4.90 Å². The van der Waals surface area contributed by atoms with Gasteiger partial charge in [-0.2, -0.15) is 5.10 Å². The number of nitrogens with one attached hydrogen (secondary N) is 1. The lowest BCUT2D eigenvalue weighted by atomic mass is 10.0. The first-order valence-corrected chi connectivity index (χ1v) is 10.7. The standard InChI is InChI=1S/C25H30N4O/c1-17(2)20-7-9-21(10-8-20)23-15-24(27-26-23)25(30)28-13-14-29(19(4)16-28)22-11-5-18(3)6-12-22/h5-12,15,17,19H,13-14,16H2,1-4H3,(H,26,27)/t19-/m1/s1. The Morgan fingerprint density at radius 1 is 1.07 bits per heavy atom. The number of piperazine rings is 1. The minimum Gasteiger partial charge on any atom is -0.365 e. The number of H-pyrrole nitrogens is 1. The van der Waals surface area contributed by atoms with Crippen molar-refractivity contribution in [3.63, 3.8) is 0 Å². The molecule has 1 atom stereocenters. The summed E-state index contributed by atoms with van der Waals surface area (Å²) in [4.78, 5) is 17.4. The van der Waals surface area contributed by atoms with Crippen molar-refractivity contribution < 1.29 is 4.79 Å². The van der Waals surface area contributed by atoms with Gasteiger partial charge in [0.25, 0.3) is 5.91 Å². The summed E-state index contributed by atoms with van der Waals surface area (Å²) < 4.78 is 0. The molecule has 0 spiro atoms. The number of aromatic nitrogens is 2. The lowest BCUT2D eigenvalue weighted by molar-refractivity contribution is 0.0720. The summed E-state index contributed by atoms with van der Waals surface area (Å²) >= 11 is 0. The van der Waals surface area contributed by atoms with Gasteiger partial charge in [0.05, 0.1) is 5.69 Å². The number of carbonyl (C=O) groups is 1. The van der Waals surface area contributed by atoms with Crippen LogP contribution in [0.3, 0.4) is 0 Å². The smallest absolute Gasteiger partial charge is 0.272 e. The maximum atomic E-state index is 13.1. The second-order valence-electron chi connectivity index (χ2n) is 8.57. The lowest BCUT2D eigenvalue weighted by Crippen LogP contribution is -2.53. The highest BCUT2D eigenvalue weighted by atomic mass is 16.2. The number of hydrogen-bond donors (Lipinski definition) is 1. The van der Waals surface area contributed by atoms with E-state index in [1.54, 1.807) is 0 Å². The Bertz CT molecular complexity index is 1000. The summed E-state index contributed by atoms with van der Waals surface area (Å²) in [5, 5.41) is 7.33. The maximum Gasteiger partial charge on any atom is 0.272 e. The van der Waals surface area contributed by atoms with E-state index in [9.17, 15) is 4.79 Å². The molecule has 4 rings (SSSR count). The molecular formula is C25H30N4O. The van der Waals surface area contributed by atoms with Crippen LogP contribution in [0.1, 0.15) is 48.3 Å². The molecule has 1 amide bonds. The number of amides is 1. The van der Waals surface area contributed by atoms with Crippen LogP contribution in [-0.2, 0) is 0 Å². The fourth-order valence-electron chi connectivity index (χ4n) is 4.05. The normalized spacial score (nSPS) is 16.9. The summed E-state index contributed by atoms with van der Waals surface area (Å²) in [5.74, 6) is 0.513. The van der Waals surface area contributed by atoms with Crippen LogP contribution in [0, 0.1) is 6.92 Å². The zero-order valence-corrected chi connectivity index (χ0v) is 18.2. The second-order valence-corrected chi connectivity index (χ2v) is 8.57. The minimum absolute atomic E-state index is 0.0166. The van der Waals surface area contributed by atoms with E-state index in [4.69, 9.17) is 0 Å². The molecule has 0 unspecified atom stereocenters. The average Bonchev–Trinajstić information content (AvgIpc) is 3.24. The molecule has 1 aliphatic heterocycles. The van der Waals surface area contributed by atoms with Crippen LogP contribution in [0.15, 0.2) is 54.6 Å². The molecule has 2 aromatic carbocycles. The predicted octanol–water partition coefficient (Wildman–Crippen LogP) is 4.86. The van der Waals surface area contributed by atoms with Gasteiger partial charge >= 0.3 is 0 Å². The third-order valence-corrected chi connectivity index (χ3v) is 5.96. The van der Waals surface area contributed by atoms with Crippen molar-refractivity contribution in [1.82, 2.24) is 15.1 Å². The van der Waals surface area contributed by atoms with E-state index in [0.29, 0.717) is 24.7 Å². The van der Waals surface area contributed by atoms with Gasteiger partial charge in [0.15, 0.2) is 0 Å². The molecule has 3 aromatic rings. The first-order valence-electron chi connectivity index (χ1n) is 10.7. The Kier molecular flexibility index (Phi) is 5.62. The number of hydrogen-bond acceptors (Lipinski definition) is 3. The van der Waals surface area contributed by atoms with Crippen LogP contribution in [0.5, 0.6) is 0 Å². The molecule has 1 aliphatic rings. The molecule has 1 fully saturated rings. The summed E-state index contributed by atoms with van der Waals surface area (Å²) in [7, 11) is 0. The van der Waals surface area contributed by atoms with Crippen molar-refractivity contribution in [1.29, 1.82) is 0 Å². The Labute approximate surface area is 178 Å². The predicted molar refractivity (Wildman–Crippen MR) is 122 cm³/mol. The first-order chi connectivity index (χ1) is 14.4. The molecular weight excluding hydrogens is 372 g/mol. The zero-order chi connectivity index (χ0) is 21.3. The Hall–Kier alpha value is -3.08. The summed E-state index contributed by atoms with van der Waals surface area (Å²) in [6.07, 6.45) is 0. The quantitative estimate of drug-likeness (QED) is 0.678. The van der Waals surface area contributed by atoms with Gasteiger partial charge in [-0.15, -0.1) is 0 Å².